The molecule has 0 radical (unpaired) electrons. The average molecular weight is 268 g/mol. The van der Waals surface area contributed by atoms with Crippen molar-refractivity contribution in [3.8, 4) is 0 Å². The van der Waals surface area contributed by atoms with Gasteiger partial charge in [0, 0.05) is 22.8 Å². The molecule has 0 saturated heterocycles. The van der Waals surface area contributed by atoms with Crippen molar-refractivity contribution in [2.75, 3.05) is 5.32 Å². The maximum absolute atomic E-state index is 11.8. The van der Waals surface area contributed by atoms with Gasteiger partial charge in [-0.3, -0.25) is 0 Å². The summed E-state index contributed by atoms with van der Waals surface area (Å²) in [7, 11) is 0. The first-order valence-electron chi connectivity index (χ1n) is 6.22. The summed E-state index contributed by atoms with van der Waals surface area (Å²) in [5, 5.41) is 6.34. The van der Waals surface area contributed by atoms with E-state index in [-0.39, 0.29) is 12.1 Å². The zero-order valence-electron chi connectivity index (χ0n) is 10.2. The van der Waals surface area contributed by atoms with Crippen LogP contribution in [0.15, 0.2) is 24.3 Å². The molecule has 2 amide bonds. The minimum absolute atomic E-state index is 0.183. The molecule has 0 aliphatic heterocycles. The van der Waals surface area contributed by atoms with Gasteiger partial charge in [0.1, 0.15) is 0 Å². The fourth-order valence-electron chi connectivity index (χ4n) is 2.18. The van der Waals surface area contributed by atoms with Gasteiger partial charge in [-0.1, -0.05) is 17.7 Å². The third kappa shape index (κ3) is 3.89. The van der Waals surface area contributed by atoms with Gasteiger partial charge in [0.15, 0.2) is 0 Å². The van der Waals surface area contributed by atoms with Crippen molar-refractivity contribution >= 4 is 23.3 Å². The summed E-state index contributed by atoms with van der Waals surface area (Å²) in [5.74, 6) is 0. The second-order valence-electron chi connectivity index (χ2n) is 4.72. The Morgan fingerprint density at radius 3 is 2.67 bits per heavy atom. The van der Waals surface area contributed by atoms with Crippen molar-refractivity contribution in [2.24, 2.45) is 5.73 Å². The molecule has 1 aliphatic rings. The fourth-order valence-corrected chi connectivity index (χ4v) is 2.37. The molecule has 1 aromatic rings. The van der Waals surface area contributed by atoms with Crippen LogP contribution in [-0.2, 0) is 0 Å². The Morgan fingerprint density at radius 2 is 2.00 bits per heavy atom. The molecule has 2 rings (SSSR count). The highest BCUT2D eigenvalue weighted by molar-refractivity contribution is 6.30. The number of amides is 2. The zero-order valence-corrected chi connectivity index (χ0v) is 10.9. The van der Waals surface area contributed by atoms with Crippen LogP contribution in [0.25, 0.3) is 0 Å². The molecule has 4 N–H and O–H groups in total. The largest absolute Gasteiger partial charge is 0.335 e. The molecule has 1 aliphatic carbocycles. The summed E-state index contributed by atoms with van der Waals surface area (Å²) >= 11 is 5.85. The molecule has 0 spiro atoms. The highest BCUT2D eigenvalue weighted by Gasteiger charge is 2.19. The quantitative estimate of drug-likeness (QED) is 0.771. The summed E-state index contributed by atoms with van der Waals surface area (Å²) in [4.78, 5) is 11.8. The van der Waals surface area contributed by atoms with Crippen LogP contribution in [-0.4, -0.2) is 18.1 Å². The third-order valence-electron chi connectivity index (χ3n) is 3.19. The first-order chi connectivity index (χ1) is 8.63. The van der Waals surface area contributed by atoms with E-state index in [1.807, 2.05) is 6.07 Å². The van der Waals surface area contributed by atoms with Gasteiger partial charge in [-0.25, -0.2) is 4.79 Å². The standard InChI is InChI=1S/C13H18ClN3O/c14-9-2-1-3-12(8-9)17-13(18)16-11-6-4-10(15)5-7-11/h1-3,8,10-11H,4-7,15H2,(H2,16,17,18). The summed E-state index contributed by atoms with van der Waals surface area (Å²) in [6, 6.07) is 7.44. The predicted molar refractivity (Wildman–Crippen MR) is 73.8 cm³/mol. The first kappa shape index (κ1) is 13.2. The minimum atomic E-state index is -0.183. The summed E-state index contributed by atoms with van der Waals surface area (Å²) in [6.45, 7) is 0. The molecule has 18 heavy (non-hydrogen) atoms. The van der Waals surface area contributed by atoms with Crippen LogP contribution < -0.4 is 16.4 Å². The molecule has 0 atom stereocenters. The Bertz CT molecular complexity index is 416. The Labute approximate surface area is 112 Å². The molecular formula is C13H18ClN3O. The number of urea groups is 1. The van der Waals surface area contributed by atoms with E-state index in [1.165, 1.54) is 0 Å². The number of nitrogens with one attached hydrogen (secondary N) is 2. The summed E-state index contributed by atoms with van der Waals surface area (Å²) < 4.78 is 0. The molecule has 98 valence electrons. The van der Waals surface area contributed by atoms with Crippen molar-refractivity contribution in [3.63, 3.8) is 0 Å². The number of benzene rings is 1. The van der Waals surface area contributed by atoms with Crippen LogP contribution in [0.2, 0.25) is 5.02 Å². The Kier molecular flexibility index (Phi) is 4.44. The maximum atomic E-state index is 11.8. The van der Waals surface area contributed by atoms with E-state index < -0.39 is 0 Å². The Morgan fingerprint density at radius 1 is 1.28 bits per heavy atom. The topological polar surface area (TPSA) is 67.1 Å². The van der Waals surface area contributed by atoms with E-state index in [1.54, 1.807) is 18.2 Å². The SMILES string of the molecule is NC1CCC(NC(=O)Nc2cccc(Cl)c2)CC1. The van der Waals surface area contributed by atoms with Crippen molar-refractivity contribution < 1.29 is 4.79 Å². The molecule has 5 heteroatoms. The van der Waals surface area contributed by atoms with E-state index in [0.29, 0.717) is 16.8 Å². The van der Waals surface area contributed by atoms with Crippen LogP contribution in [0.4, 0.5) is 10.5 Å². The monoisotopic (exact) mass is 267 g/mol. The lowest BCUT2D eigenvalue weighted by Gasteiger charge is -2.26. The third-order valence-corrected chi connectivity index (χ3v) is 3.42. The van der Waals surface area contributed by atoms with Crippen molar-refractivity contribution in [3.05, 3.63) is 29.3 Å². The number of hydrogen-bond donors (Lipinski definition) is 3. The van der Waals surface area contributed by atoms with E-state index in [2.05, 4.69) is 10.6 Å². The minimum Gasteiger partial charge on any atom is -0.335 e. The smallest absolute Gasteiger partial charge is 0.319 e. The van der Waals surface area contributed by atoms with E-state index >= 15 is 0 Å². The van der Waals surface area contributed by atoms with Crippen LogP contribution >= 0.6 is 11.6 Å². The summed E-state index contributed by atoms with van der Waals surface area (Å²) in [6.07, 6.45) is 3.85. The molecule has 1 fully saturated rings. The molecule has 1 saturated carbocycles. The van der Waals surface area contributed by atoms with Gasteiger partial charge < -0.3 is 16.4 Å². The van der Waals surface area contributed by atoms with Crippen molar-refractivity contribution in [1.29, 1.82) is 0 Å². The highest BCUT2D eigenvalue weighted by atomic mass is 35.5. The maximum Gasteiger partial charge on any atom is 0.319 e. The number of anilines is 1. The number of carbonyl (C=O) groups is 1. The van der Waals surface area contributed by atoms with Crippen LogP contribution in [0.3, 0.4) is 0 Å². The predicted octanol–water partition coefficient (Wildman–Crippen LogP) is 2.73. The van der Waals surface area contributed by atoms with E-state index in [4.69, 9.17) is 17.3 Å². The van der Waals surface area contributed by atoms with Gasteiger partial charge in [-0.15, -0.1) is 0 Å². The van der Waals surface area contributed by atoms with E-state index in [0.717, 1.165) is 25.7 Å². The lowest BCUT2D eigenvalue weighted by Crippen LogP contribution is -2.42. The molecular weight excluding hydrogens is 250 g/mol. The van der Waals surface area contributed by atoms with Gasteiger partial charge in [0.25, 0.3) is 0 Å². The van der Waals surface area contributed by atoms with Crippen molar-refractivity contribution in [1.82, 2.24) is 5.32 Å². The fraction of sp³-hybridized carbons (Fsp3) is 0.462. The van der Waals surface area contributed by atoms with Gasteiger partial charge in [-0.05, 0) is 43.9 Å². The highest BCUT2D eigenvalue weighted by Crippen LogP contribution is 2.18. The van der Waals surface area contributed by atoms with Crippen LogP contribution in [0, 0.1) is 0 Å². The van der Waals surface area contributed by atoms with Crippen LogP contribution in [0.5, 0.6) is 0 Å². The van der Waals surface area contributed by atoms with E-state index in [9.17, 15) is 4.79 Å². The van der Waals surface area contributed by atoms with Gasteiger partial charge in [0.05, 0.1) is 0 Å². The molecule has 4 nitrogen and oxygen atoms in total. The summed E-state index contributed by atoms with van der Waals surface area (Å²) in [5.41, 5.74) is 6.53. The lowest BCUT2D eigenvalue weighted by atomic mass is 9.92. The number of rotatable bonds is 2. The second-order valence-corrected chi connectivity index (χ2v) is 5.16. The first-order valence-corrected chi connectivity index (χ1v) is 6.60. The van der Waals surface area contributed by atoms with Gasteiger partial charge in [0.2, 0.25) is 0 Å². The van der Waals surface area contributed by atoms with Crippen molar-refractivity contribution in [2.45, 2.75) is 37.8 Å². The molecule has 0 bridgehead atoms. The van der Waals surface area contributed by atoms with Gasteiger partial charge >= 0.3 is 6.03 Å². The number of halogens is 1. The average Bonchev–Trinajstić information content (AvgIpc) is 2.32. The molecule has 0 aromatic heterocycles. The number of hydrogen-bond acceptors (Lipinski definition) is 2. The second kappa shape index (κ2) is 6.07. The van der Waals surface area contributed by atoms with Gasteiger partial charge in [-0.2, -0.15) is 0 Å². The Balaban J connectivity index is 1.82. The number of carbonyl (C=O) groups excluding carboxylic acids is 1. The normalized spacial score (nSPS) is 23.4. The molecule has 1 aromatic carbocycles. The Hall–Kier alpha value is -1.26. The van der Waals surface area contributed by atoms with Crippen LogP contribution in [0.1, 0.15) is 25.7 Å². The lowest BCUT2D eigenvalue weighted by molar-refractivity contribution is 0.242. The number of nitrogens with two attached hydrogens (primary N) is 1. The molecule has 0 unspecified atom stereocenters. The molecule has 0 heterocycles. The zero-order chi connectivity index (χ0) is 13.0.